The molecule has 7 heteroatoms. The van der Waals surface area contributed by atoms with Crippen LogP contribution in [0.5, 0.6) is 0 Å². The zero-order valence-corrected chi connectivity index (χ0v) is 15.9. The zero-order valence-electron chi connectivity index (χ0n) is 15.9. The first-order chi connectivity index (χ1) is 13.1. The molecule has 142 valence electrons. The van der Waals surface area contributed by atoms with Crippen LogP contribution in [0.25, 0.3) is 0 Å². The number of hydrogen-bond donors (Lipinski definition) is 1. The van der Waals surface area contributed by atoms with Crippen molar-refractivity contribution in [2.24, 2.45) is 7.05 Å². The summed E-state index contributed by atoms with van der Waals surface area (Å²) in [5.41, 5.74) is 4.92. The molecule has 0 saturated carbocycles. The topological polar surface area (TPSA) is 72.0 Å². The molecule has 0 radical (unpaired) electrons. The van der Waals surface area contributed by atoms with Crippen molar-refractivity contribution >= 4 is 0 Å². The third kappa shape index (κ3) is 3.79. The summed E-state index contributed by atoms with van der Waals surface area (Å²) in [6.07, 6.45) is 4.95. The lowest BCUT2D eigenvalue weighted by atomic mass is 10.1. The molecule has 0 unspecified atom stereocenters. The van der Waals surface area contributed by atoms with E-state index < -0.39 is 6.10 Å². The van der Waals surface area contributed by atoms with Gasteiger partial charge in [-0.2, -0.15) is 10.2 Å². The number of rotatable bonds is 5. The fourth-order valence-electron chi connectivity index (χ4n) is 3.61. The van der Waals surface area contributed by atoms with Gasteiger partial charge in [-0.25, -0.2) is 0 Å². The van der Waals surface area contributed by atoms with Gasteiger partial charge in [-0.05, 0) is 36.6 Å². The van der Waals surface area contributed by atoms with Crippen LogP contribution in [0.3, 0.4) is 0 Å². The van der Waals surface area contributed by atoms with Crippen LogP contribution in [0.4, 0.5) is 0 Å². The second kappa shape index (κ2) is 7.62. The Morgan fingerprint density at radius 2 is 2.11 bits per heavy atom. The zero-order chi connectivity index (χ0) is 18.8. The van der Waals surface area contributed by atoms with Crippen LogP contribution < -0.4 is 0 Å². The molecule has 0 aromatic carbocycles. The maximum absolute atomic E-state index is 10.7. The molecule has 3 aromatic rings. The van der Waals surface area contributed by atoms with Crippen molar-refractivity contribution in [3.8, 4) is 0 Å². The van der Waals surface area contributed by atoms with Crippen LogP contribution >= 0.6 is 0 Å². The molecule has 0 bridgehead atoms. The first-order valence-electron chi connectivity index (χ1n) is 9.52. The molecular weight excluding hydrogens is 340 g/mol. The molecule has 27 heavy (non-hydrogen) atoms. The summed E-state index contributed by atoms with van der Waals surface area (Å²) >= 11 is 0. The molecule has 1 aliphatic heterocycles. The van der Waals surface area contributed by atoms with Gasteiger partial charge in [0.25, 0.3) is 0 Å². The lowest BCUT2D eigenvalue weighted by molar-refractivity contribution is 0.203. The summed E-state index contributed by atoms with van der Waals surface area (Å²) in [5.74, 6) is 0. The Kier molecular flexibility index (Phi) is 5.05. The molecule has 3 aromatic heterocycles. The van der Waals surface area contributed by atoms with E-state index in [1.54, 1.807) is 10.9 Å². The highest BCUT2D eigenvalue weighted by Crippen LogP contribution is 2.23. The molecule has 0 spiro atoms. The Hall–Kier alpha value is -2.51. The summed E-state index contributed by atoms with van der Waals surface area (Å²) in [6.45, 7) is 5.66. The van der Waals surface area contributed by atoms with E-state index in [1.165, 1.54) is 5.56 Å². The molecular formula is C20H26N6O. The van der Waals surface area contributed by atoms with Gasteiger partial charge in [-0.15, -0.1) is 0 Å². The summed E-state index contributed by atoms with van der Waals surface area (Å²) < 4.78 is 3.72. The average Bonchev–Trinajstić information content (AvgIpc) is 3.23. The lowest BCUT2D eigenvalue weighted by Crippen LogP contribution is -2.23. The standard InChI is InChI=1S/C20H26N6O/c1-3-15-5-6-16(21-12-15)13-25-9-4-10-26-17(14-25)11-18(23-26)20(27)19-7-8-22-24(19)2/h5-8,11-12,20,27H,3-4,9-10,13-14H2,1-2H3/t20-/m1/s1. The van der Waals surface area contributed by atoms with E-state index in [-0.39, 0.29) is 0 Å². The van der Waals surface area contributed by atoms with Crippen molar-refractivity contribution in [1.82, 2.24) is 29.4 Å². The van der Waals surface area contributed by atoms with Gasteiger partial charge in [-0.1, -0.05) is 13.0 Å². The molecule has 7 nitrogen and oxygen atoms in total. The van der Waals surface area contributed by atoms with Crippen LogP contribution in [0.2, 0.25) is 0 Å². The maximum atomic E-state index is 10.7. The van der Waals surface area contributed by atoms with Crippen molar-refractivity contribution < 1.29 is 5.11 Å². The number of aliphatic hydroxyl groups is 1. The van der Waals surface area contributed by atoms with Gasteiger partial charge >= 0.3 is 0 Å². The Balaban J connectivity index is 1.50. The van der Waals surface area contributed by atoms with E-state index in [2.05, 4.69) is 39.1 Å². The van der Waals surface area contributed by atoms with E-state index in [4.69, 9.17) is 0 Å². The van der Waals surface area contributed by atoms with E-state index in [0.717, 1.165) is 56.1 Å². The van der Waals surface area contributed by atoms with Crippen LogP contribution in [0.1, 0.15) is 47.8 Å². The highest BCUT2D eigenvalue weighted by Gasteiger charge is 2.22. The average molecular weight is 366 g/mol. The molecule has 0 saturated heterocycles. The van der Waals surface area contributed by atoms with Gasteiger partial charge < -0.3 is 5.11 Å². The maximum Gasteiger partial charge on any atom is 0.139 e. The first-order valence-corrected chi connectivity index (χ1v) is 9.52. The molecule has 0 amide bonds. The molecule has 4 heterocycles. The number of hydrogen-bond acceptors (Lipinski definition) is 5. The fourth-order valence-corrected chi connectivity index (χ4v) is 3.61. The largest absolute Gasteiger partial charge is 0.380 e. The SMILES string of the molecule is CCc1ccc(CN2CCCn3nc([C@@H](O)c4ccnn4C)cc3C2)nc1. The second-order valence-electron chi connectivity index (χ2n) is 7.14. The van der Waals surface area contributed by atoms with Gasteiger partial charge in [0.05, 0.1) is 22.8 Å². The van der Waals surface area contributed by atoms with Gasteiger partial charge in [0.1, 0.15) is 6.10 Å². The molecule has 1 N–H and O–H groups in total. The third-order valence-corrected chi connectivity index (χ3v) is 5.21. The van der Waals surface area contributed by atoms with Crippen molar-refractivity contribution in [3.63, 3.8) is 0 Å². The van der Waals surface area contributed by atoms with Gasteiger partial charge in [0, 0.05) is 45.6 Å². The summed E-state index contributed by atoms with van der Waals surface area (Å²) in [7, 11) is 1.83. The molecule has 4 rings (SSSR count). The second-order valence-corrected chi connectivity index (χ2v) is 7.14. The third-order valence-electron chi connectivity index (χ3n) is 5.21. The highest BCUT2D eigenvalue weighted by atomic mass is 16.3. The normalized spacial score (nSPS) is 16.1. The predicted octanol–water partition coefficient (Wildman–Crippen LogP) is 2.06. The van der Waals surface area contributed by atoms with Crippen LogP contribution in [0.15, 0.2) is 36.7 Å². The highest BCUT2D eigenvalue weighted by molar-refractivity contribution is 5.22. The Morgan fingerprint density at radius 1 is 1.22 bits per heavy atom. The fraction of sp³-hybridized carbons (Fsp3) is 0.450. The number of pyridine rings is 1. The predicted molar refractivity (Wildman–Crippen MR) is 102 cm³/mol. The minimum atomic E-state index is -0.756. The Labute approximate surface area is 159 Å². The van der Waals surface area contributed by atoms with Crippen LogP contribution in [0, 0.1) is 0 Å². The minimum Gasteiger partial charge on any atom is -0.380 e. The van der Waals surface area contributed by atoms with E-state index >= 15 is 0 Å². The Bertz CT molecular complexity index is 898. The summed E-state index contributed by atoms with van der Waals surface area (Å²) in [6, 6.07) is 8.13. The minimum absolute atomic E-state index is 0.681. The monoisotopic (exact) mass is 366 g/mol. The number of nitrogens with zero attached hydrogens (tertiary/aromatic N) is 6. The number of aryl methyl sites for hydroxylation is 3. The molecule has 1 atom stereocenters. The van der Waals surface area contributed by atoms with E-state index in [1.807, 2.05) is 30.1 Å². The van der Waals surface area contributed by atoms with Gasteiger partial charge in [0.2, 0.25) is 0 Å². The van der Waals surface area contributed by atoms with Crippen LogP contribution in [-0.4, -0.2) is 41.1 Å². The first kappa shape index (κ1) is 17.9. The van der Waals surface area contributed by atoms with E-state index in [0.29, 0.717) is 5.69 Å². The molecule has 0 fully saturated rings. The van der Waals surface area contributed by atoms with Gasteiger partial charge in [0.15, 0.2) is 0 Å². The Morgan fingerprint density at radius 3 is 2.81 bits per heavy atom. The smallest absolute Gasteiger partial charge is 0.139 e. The number of aromatic nitrogens is 5. The quantitative estimate of drug-likeness (QED) is 0.748. The van der Waals surface area contributed by atoms with E-state index in [9.17, 15) is 5.11 Å². The van der Waals surface area contributed by atoms with Crippen LogP contribution in [-0.2, 0) is 33.1 Å². The van der Waals surface area contributed by atoms with Crippen molar-refractivity contribution in [1.29, 1.82) is 0 Å². The number of aliphatic hydroxyl groups excluding tert-OH is 1. The van der Waals surface area contributed by atoms with Crippen molar-refractivity contribution in [2.75, 3.05) is 6.54 Å². The van der Waals surface area contributed by atoms with Crippen molar-refractivity contribution in [2.45, 2.75) is 45.5 Å². The number of fused-ring (bicyclic) bond motifs is 1. The molecule has 0 aliphatic carbocycles. The summed E-state index contributed by atoms with van der Waals surface area (Å²) in [5, 5.41) is 19.5. The lowest BCUT2D eigenvalue weighted by Gasteiger charge is -2.19. The summed E-state index contributed by atoms with van der Waals surface area (Å²) in [4.78, 5) is 6.99. The molecule has 1 aliphatic rings. The van der Waals surface area contributed by atoms with Gasteiger partial charge in [-0.3, -0.25) is 19.2 Å². The van der Waals surface area contributed by atoms with Crippen molar-refractivity contribution in [3.05, 3.63) is 65.0 Å².